The first-order valence-electron chi connectivity index (χ1n) is 6.52. The topological polar surface area (TPSA) is 32.8 Å². The number of amides is 2. The summed E-state index contributed by atoms with van der Waals surface area (Å²) in [6.45, 7) is 2.15. The van der Waals surface area contributed by atoms with Crippen LogP contribution in [0.4, 0.5) is 10.5 Å². The number of hydrogen-bond acceptors (Lipinski definition) is 3. The summed E-state index contributed by atoms with van der Waals surface area (Å²) in [5, 5.41) is 1.87. The summed E-state index contributed by atoms with van der Waals surface area (Å²) in [5.74, 6) is 1.62. The van der Waals surface area contributed by atoms with Crippen molar-refractivity contribution in [3.8, 4) is 0 Å². The molecule has 0 aliphatic carbocycles. The number of benzene rings is 1. The van der Waals surface area contributed by atoms with E-state index in [1.54, 1.807) is 35.8 Å². The molecule has 0 aliphatic heterocycles. The Morgan fingerprint density at radius 2 is 2.00 bits per heavy atom. The van der Waals surface area contributed by atoms with Crippen LogP contribution in [-0.4, -0.2) is 36.9 Å². The molecule has 4 nitrogen and oxygen atoms in total. The average Bonchev–Trinajstić information content (AvgIpc) is 2.47. The number of carbonyl (C=O) groups is 1. The van der Waals surface area contributed by atoms with Crippen molar-refractivity contribution in [2.75, 3.05) is 30.7 Å². The van der Waals surface area contributed by atoms with Crippen LogP contribution >= 0.6 is 23.4 Å². The van der Waals surface area contributed by atoms with Crippen LogP contribution in [-0.2, 0) is 4.84 Å². The van der Waals surface area contributed by atoms with Gasteiger partial charge in [-0.3, -0.25) is 9.74 Å². The molecule has 0 heterocycles. The summed E-state index contributed by atoms with van der Waals surface area (Å²) in [4.78, 5) is 19.0. The quantitative estimate of drug-likeness (QED) is 0.428. The summed E-state index contributed by atoms with van der Waals surface area (Å²) >= 11 is 7.62. The molecule has 0 saturated heterocycles. The Labute approximate surface area is 130 Å². The molecule has 6 heteroatoms. The molecular formula is C14H21ClN2O2S. The van der Waals surface area contributed by atoms with Gasteiger partial charge in [0.25, 0.3) is 0 Å². The van der Waals surface area contributed by atoms with Crippen molar-refractivity contribution in [2.45, 2.75) is 19.8 Å². The third kappa shape index (κ3) is 5.23. The van der Waals surface area contributed by atoms with Gasteiger partial charge in [0, 0.05) is 17.8 Å². The maximum absolute atomic E-state index is 12.3. The molecule has 0 saturated carbocycles. The molecule has 0 unspecified atom stereocenters. The van der Waals surface area contributed by atoms with E-state index in [1.165, 1.54) is 12.2 Å². The Morgan fingerprint density at radius 3 is 2.55 bits per heavy atom. The Kier molecular flexibility index (Phi) is 7.80. The lowest BCUT2D eigenvalue weighted by Crippen LogP contribution is -2.40. The van der Waals surface area contributed by atoms with Crippen LogP contribution in [0, 0.1) is 0 Å². The van der Waals surface area contributed by atoms with Gasteiger partial charge in [0.1, 0.15) is 0 Å². The molecule has 0 N–H and O–H groups in total. The highest BCUT2D eigenvalue weighted by Gasteiger charge is 2.19. The fourth-order valence-corrected chi connectivity index (χ4v) is 2.70. The van der Waals surface area contributed by atoms with Crippen molar-refractivity contribution in [1.29, 1.82) is 0 Å². The van der Waals surface area contributed by atoms with Crippen LogP contribution in [0.25, 0.3) is 0 Å². The van der Waals surface area contributed by atoms with Crippen LogP contribution in [0.3, 0.4) is 0 Å². The first-order chi connectivity index (χ1) is 9.60. The third-order valence-corrected chi connectivity index (χ3v) is 4.05. The number of carbonyl (C=O) groups excluding carboxylic acids is 1. The van der Waals surface area contributed by atoms with E-state index in [0.29, 0.717) is 10.9 Å². The second kappa shape index (κ2) is 9.10. The highest BCUT2D eigenvalue weighted by Crippen LogP contribution is 2.22. The number of anilines is 1. The molecule has 0 radical (unpaired) electrons. The minimum Gasteiger partial charge on any atom is -0.283 e. The van der Waals surface area contributed by atoms with Crippen LogP contribution in [0.1, 0.15) is 19.8 Å². The Hall–Kier alpha value is -0.910. The van der Waals surface area contributed by atoms with Gasteiger partial charge in [0.2, 0.25) is 0 Å². The maximum Gasteiger partial charge on any atom is 0.348 e. The highest BCUT2D eigenvalue weighted by molar-refractivity contribution is 7.99. The minimum atomic E-state index is -0.196. The van der Waals surface area contributed by atoms with Crippen LogP contribution < -0.4 is 4.90 Å². The molecule has 1 aromatic carbocycles. The van der Waals surface area contributed by atoms with Gasteiger partial charge >= 0.3 is 6.03 Å². The monoisotopic (exact) mass is 316 g/mol. The molecule has 0 bridgehead atoms. The summed E-state index contributed by atoms with van der Waals surface area (Å²) in [6.07, 6.45) is 2.30. The normalized spacial score (nSPS) is 10.4. The number of thioether (sulfide) groups is 1. The molecule has 0 fully saturated rings. The molecular weight excluding hydrogens is 296 g/mol. The van der Waals surface area contributed by atoms with Crippen molar-refractivity contribution < 1.29 is 9.63 Å². The zero-order valence-corrected chi connectivity index (χ0v) is 13.7. The van der Waals surface area contributed by atoms with Gasteiger partial charge in [-0.25, -0.2) is 9.86 Å². The largest absolute Gasteiger partial charge is 0.348 e. The second-order valence-electron chi connectivity index (χ2n) is 4.26. The van der Waals surface area contributed by atoms with Crippen LogP contribution in [0.2, 0.25) is 5.02 Å². The maximum atomic E-state index is 12.3. The highest BCUT2D eigenvalue weighted by atomic mass is 35.5. The third-order valence-electron chi connectivity index (χ3n) is 2.78. The fourth-order valence-electron chi connectivity index (χ4n) is 1.51. The smallest absolute Gasteiger partial charge is 0.283 e. The molecule has 0 aliphatic rings. The minimum absolute atomic E-state index is 0.196. The van der Waals surface area contributed by atoms with Crippen molar-refractivity contribution in [3.63, 3.8) is 0 Å². The Balaban J connectivity index is 2.78. The molecule has 2 amide bonds. The van der Waals surface area contributed by atoms with Crippen molar-refractivity contribution in [2.24, 2.45) is 0 Å². The Morgan fingerprint density at radius 1 is 1.35 bits per heavy atom. The molecule has 20 heavy (non-hydrogen) atoms. The lowest BCUT2D eigenvalue weighted by molar-refractivity contribution is -0.0619. The SMILES string of the molecule is CCCCSCN(C(=O)N(C)OC)c1ccc(Cl)cc1. The average molecular weight is 317 g/mol. The molecule has 112 valence electrons. The zero-order chi connectivity index (χ0) is 15.0. The van der Waals surface area contributed by atoms with Gasteiger partial charge < -0.3 is 0 Å². The van der Waals surface area contributed by atoms with Crippen molar-refractivity contribution in [1.82, 2.24) is 5.06 Å². The number of nitrogens with zero attached hydrogens (tertiary/aromatic N) is 2. The van der Waals surface area contributed by atoms with Crippen molar-refractivity contribution >= 4 is 35.1 Å². The van der Waals surface area contributed by atoms with Crippen LogP contribution in [0.5, 0.6) is 0 Å². The number of hydrogen-bond donors (Lipinski definition) is 0. The number of unbranched alkanes of at least 4 members (excludes halogenated alkanes) is 1. The summed E-state index contributed by atoms with van der Waals surface area (Å²) < 4.78 is 0. The predicted octanol–water partition coefficient (Wildman–Crippen LogP) is 4.25. The standard InChI is InChI=1S/C14H21ClN2O2S/c1-4-5-10-20-11-17(14(18)16(2)19-3)13-8-6-12(15)7-9-13/h6-9H,4-5,10-11H2,1-3H3. The fraction of sp³-hybridized carbons (Fsp3) is 0.500. The van der Waals surface area contributed by atoms with Gasteiger partial charge in [-0.2, -0.15) is 0 Å². The predicted molar refractivity (Wildman–Crippen MR) is 86.3 cm³/mol. The van der Waals surface area contributed by atoms with E-state index in [0.717, 1.165) is 24.3 Å². The van der Waals surface area contributed by atoms with E-state index < -0.39 is 0 Å². The molecule has 0 spiro atoms. The summed E-state index contributed by atoms with van der Waals surface area (Å²) in [7, 11) is 3.07. The van der Waals surface area contributed by atoms with E-state index in [1.807, 2.05) is 12.1 Å². The van der Waals surface area contributed by atoms with Gasteiger partial charge in [-0.15, -0.1) is 11.8 Å². The molecule has 0 aromatic heterocycles. The van der Waals surface area contributed by atoms with Gasteiger partial charge in [-0.1, -0.05) is 24.9 Å². The zero-order valence-electron chi connectivity index (χ0n) is 12.1. The summed E-state index contributed by atoms with van der Waals surface area (Å²) in [6, 6.07) is 7.04. The van der Waals surface area contributed by atoms with E-state index in [2.05, 4.69) is 6.92 Å². The number of urea groups is 1. The molecule has 1 aromatic rings. The number of rotatable bonds is 7. The van der Waals surface area contributed by atoms with E-state index in [-0.39, 0.29) is 6.03 Å². The molecule has 1 rings (SSSR count). The number of hydroxylamine groups is 2. The first kappa shape index (κ1) is 17.1. The lowest BCUT2D eigenvalue weighted by atomic mass is 10.3. The van der Waals surface area contributed by atoms with Gasteiger partial charge in [0.05, 0.1) is 13.0 Å². The lowest BCUT2D eigenvalue weighted by Gasteiger charge is -2.26. The first-order valence-corrected chi connectivity index (χ1v) is 8.06. The second-order valence-corrected chi connectivity index (χ2v) is 5.77. The molecule has 0 atom stereocenters. The van der Waals surface area contributed by atoms with Crippen molar-refractivity contribution in [3.05, 3.63) is 29.3 Å². The van der Waals surface area contributed by atoms with E-state index in [9.17, 15) is 4.79 Å². The van der Waals surface area contributed by atoms with Gasteiger partial charge in [0.15, 0.2) is 0 Å². The van der Waals surface area contributed by atoms with E-state index in [4.69, 9.17) is 16.4 Å². The summed E-state index contributed by atoms with van der Waals surface area (Å²) in [5.41, 5.74) is 0.812. The van der Waals surface area contributed by atoms with Crippen LogP contribution in [0.15, 0.2) is 24.3 Å². The van der Waals surface area contributed by atoms with E-state index >= 15 is 0 Å². The Bertz CT molecular complexity index is 414. The van der Waals surface area contributed by atoms with Gasteiger partial charge in [-0.05, 0) is 36.4 Å². The number of halogens is 1.